The molecule has 8 aromatic carbocycles. The van der Waals surface area contributed by atoms with E-state index >= 15 is 0 Å². The van der Waals surface area contributed by atoms with Crippen molar-refractivity contribution >= 4 is 49.3 Å². The van der Waals surface area contributed by atoms with E-state index in [0.717, 1.165) is 72.0 Å². The maximum absolute atomic E-state index is 8.53. The Hall–Kier alpha value is -8.14. The Labute approximate surface area is 334 Å². The molecule has 0 fully saturated rings. The topological polar surface area (TPSA) is 52.9 Å². The van der Waals surface area contributed by atoms with E-state index in [1.54, 1.807) is 0 Å². The summed E-state index contributed by atoms with van der Waals surface area (Å²) in [6, 6.07) is 66.7. The van der Waals surface area contributed by atoms with Crippen molar-refractivity contribution < 1.29 is 0 Å². The molecule has 0 aliphatic rings. The van der Waals surface area contributed by atoms with Crippen LogP contribution in [0.2, 0.25) is 0 Å². The lowest BCUT2D eigenvalue weighted by Crippen LogP contribution is -2.00. The largest absolute Gasteiger partial charge is 0.307 e. The molecule has 0 saturated heterocycles. The summed E-state index contributed by atoms with van der Waals surface area (Å²) < 4.78 is 4.79. The van der Waals surface area contributed by atoms with Gasteiger partial charge in [-0.25, -0.2) is 19.8 Å². The van der Waals surface area contributed by atoms with E-state index in [1.807, 2.05) is 72.8 Å². The van der Waals surface area contributed by atoms with Gasteiger partial charge in [0.1, 0.15) is 0 Å². The van der Waals surface area contributed by atoms with Gasteiger partial charge in [0, 0.05) is 49.6 Å². The predicted molar refractivity (Wildman–Crippen MR) is 237 cm³/mol. The van der Waals surface area contributed by atoms with Gasteiger partial charge in [-0.05, 0) is 47.5 Å². The third-order valence-electron chi connectivity index (χ3n) is 11.0. The van der Waals surface area contributed by atoms with Crippen molar-refractivity contribution in [1.82, 2.24) is 24.1 Å². The van der Waals surface area contributed by atoms with Crippen molar-refractivity contribution in [1.29, 1.82) is 0 Å². The molecule has 0 aliphatic carbocycles. The minimum atomic E-state index is 0.511. The summed E-state index contributed by atoms with van der Waals surface area (Å²) >= 11 is 0. The highest BCUT2D eigenvalue weighted by Gasteiger charge is 2.24. The van der Waals surface area contributed by atoms with E-state index in [0.29, 0.717) is 23.2 Å². The summed E-state index contributed by atoms with van der Waals surface area (Å²) in [4.78, 5) is 18.9. The summed E-state index contributed by atoms with van der Waals surface area (Å²) in [6.45, 7) is 8.53. The Morgan fingerprint density at radius 2 is 0.845 bits per heavy atom. The van der Waals surface area contributed by atoms with Gasteiger partial charge in [-0.1, -0.05) is 158 Å². The second-order valence-electron chi connectivity index (χ2n) is 14.3. The van der Waals surface area contributed by atoms with Gasteiger partial charge in [0.05, 0.1) is 28.6 Å². The van der Waals surface area contributed by atoms with Crippen LogP contribution in [0.25, 0.3) is 105 Å². The molecule has 0 radical (unpaired) electrons. The van der Waals surface area contributed by atoms with Gasteiger partial charge in [0.15, 0.2) is 23.2 Å². The number of para-hydroxylation sites is 4. The smallest absolute Gasteiger partial charge is 0.195 e. The van der Waals surface area contributed by atoms with Crippen LogP contribution in [0.5, 0.6) is 0 Å². The van der Waals surface area contributed by atoms with E-state index < -0.39 is 0 Å². The Balaban J connectivity index is 1.18. The summed E-state index contributed by atoms with van der Waals surface area (Å²) in [5.41, 5.74) is 11.4. The highest BCUT2D eigenvalue weighted by molar-refractivity contribution is 6.25. The molecule has 6 heteroatoms. The Kier molecular flexibility index (Phi) is 7.76. The van der Waals surface area contributed by atoms with Crippen molar-refractivity contribution in [3.63, 3.8) is 0 Å². The summed E-state index contributed by atoms with van der Waals surface area (Å²) in [6.07, 6.45) is 0. The van der Waals surface area contributed by atoms with Crippen LogP contribution in [0, 0.1) is 6.57 Å². The third-order valence-corrected chi connectivity index (χ3v) is 11.0. The second-order valence-corrected chi connectivity index (χ2v) is 14.3. The molecule has 0 aliphatic heterocycles. The van der Waals surface area contributed by atoms with Crippen LogP contribution in [0.4, 0.5) is 5.69 Å². The van der Waals surface area contributed by atoms with Crippen molar-refractivity contribution in [2.75, 3.05) is 0 Å². The number of hydrogen-bond donors (Lipinski definition) is 0. The first-order chi connectivity index (χ1) is 28.7. The van der Waals surface area contributed by atoms with Crippen molar-refractivity contribution in [3.8, 4) is 56.7 Å². The van der Waals surface area contributed by atoms with Gasteiger partial charge in [0.25, 0.3) is 0 Å². The highest BCUT2D eigenvalue weighted by Crippen LogP contribution is 2.46. The SMILES string of the molecule is [C-]#[N+]c1cc(-c2nc(-c3ccccc3)nc(-c3ccccc3)n2)ccc1-c1cccc2c3ccc4c5ccccc5n(-c5ccccc5)c4c3n(-c3ccccc3)c12. The van der Waals surface area contributed by atoms with Crippen molar-refractivity contribution in [3.05, 3.63) is 206 Å². The first-order valence-corrected chi connectivity index (χ1v) is 19.2. The van der Waals surface area contributed by atoms with Crippen LogP contribution in [0.15, 0.2) is 194 Å². The first kappa shape index (κ1) is 33.2. The average molecular weight is 741 g/mol. The normalized spacial score (nSPS) is 11.4. The summed E-state index contributed by atoms with van der Waals surface area (Å²) in [5, 5.41) is 4.63. The highest BCUT2D eigenvalue weighted by atomic mass is 15.1. The van der Waals surface area contributed by atoms with Crippen LogP contribution in [0.3, 0.4) is 0 Å². The van der Waals surface area contributed by atoms with E-state index in [2.05, 4.69) is 135 Å². The van der Waals surface area contributed by atoms with E-state index in [-0.39, 0.29) is 0 Å². The molecule has 0 N–H and O–H groups in total. The zero-order valence-electron chi connectivity index (χ0n) is 31.2. The fourth-order valence-electron chi connectivity index (χ4n) is 8.42. The number of nitrogens with zero attached hydrogens (tertiary/aromatic N) is 6. The molecule has 3 aromatic heterocycles. The monoisotopic (exact) mass is 740 g/mol. The van der Waals surface area contributed by atoms with Crippen LogP contribution in [0.1, 0.15) is 0 Å². The lowest BCUT2D eigenvalue weighted by molar-refractivity contribution is 1.07. The lowest BCUT2D eigenvalue weighted by Gasteiger charge is -2.15. The van der Waals surface area contributed by atoms with Crippen LogP contribution < -0.4 is 0 Å². The third kappa shape index (κ3) is 5.30. The minimum Gasteiger partial charge on any atom is -0.307 e. The van der Waals surface area contributed by atoms with Gasteiger partial charge in [-0.2, -0.15) is 0 Å². The number of aromatic nitrogens is 5. The molecule has 0 bridgehead atoms. The van der Waals surface area contributed by atoms with Gasteiger partial charge in [-0.15, -0.1) is 0 Å². The molecule has 58 heavy (non-hydrogen) atoms. The zero-order valence-corrected chi connectivity index (χ0v) is 31.2. The van der Waals surface area contributed by atoms with Gasteiger partial charge in [0.2, 0.25) is 0 Å². The fraction of sp³-hybridized carbons (Fsp3) is 0. The molecular formula is C52H32N6. The molecule has 0 saturated carbocycles. The summed E-state index contributed by atoms with van der Waals surface area (Å²) in [5.74, 6) is 1.67. The molecular weight excluding hydrogens is 709 g/mol. The van der Waals surface area contributed by atoms with Gasteiger partial charge < -0.3 is 9.13 Å². The molecule has 6 nitrogen and oxygen atoms in total. The van der Waals surface area contributed by atoms with Crippen molar-refractivity contribution in [2.24, 2.45) is 0 Å². The number of benzene rings is 8. The quantitative estimate of drug-likeness (QED) is 0.160. The predicted octanol–water partition coefficient (Wildman–Crippen LogP) is 13.3. The standard InChI is InChI=1S/C52H32N6/c1-53-45-33-36(52-55-50(34-17-6-2-7-18-34)54-51(56-52)35-19-8-3-9-20-35)29-30-39(45)41-26-16-27-42-44-32-31-43-40-25-14-15-28-46(40)57(37-21-10-4-11-22-37)48(43)49(44)58(47(41)42)38-23-12-5-13-24-38/h2-33H. The van der Waals surface area contributed by atoms with E-state index in [9.17, 15) is 0 Å². The number of rotatable bonds is 6. The molecule has 270 valence electrons. The minimum absolute atomic E-state index is 0.511. The van der Waals surface area contributed by atoms with Crippen LogP contribution >= 0.6 is 0 Å². The molecule has 0 spiro atoms. The van der Waals surface area contributed by atoms with Crippen LogP contribution in [-0.2, 0) is 0 Å². The second kappa shape index (κ2) is 13.6. The Bertz CT molecular complexity index is 3320. The van der Waals surface area contributed by atoms with Crippen molar-refractivity contribution in [2.45, 2.75) is 0 Å². The van der Waals surface area contributed by atoms with Crippen LogP contribution in [-0.4, -0.2) is 24.1 Å². The first-order valence-electron chi connectivity index (χ1n) is 19.2. The molecule has 3 heterocycles. The van der Waals surface area contributed by atoms with Gasteiger partial charge in [-0.3, -0.25) is 0 Å². The number of hydrogen-bond acceptors (Lipinski definition) is 3. The Morgan fingerprint density at radius 1 is 0.362 bits per heavy atom. The fourth-order valence-corrected chi connectivity index (χ4v) is 8.42. The number of fused-ring (bicyclic) bond motifs is 7. The Morgan fingerprint density at radius 3 is 1.47 bits per heavy atom. The molecule has 11 aromatic rings. The van der Waals surface area contributed by atoms with E-state index in [1.165, 1.54) is 10.8 Å². The van der Waals surface area contributed by atoms with E-state index in [4.69, 9.17) is 21.5 Å². The maximum Gasteiger partial charge on any atom is 0.195 e. The molecule has 0 unspecified atom stereocenters. The lowest BCUT2D eigenvalue weighted by atomic mass is 9.98. The summed E-state index contributed by atoms with van der Waals surface area (Å²) in [7, 11) is 0. The average Bonchev–Trinajstić information content (AvgIpc) is 3.83. The molecule has 0 amide bonds. The molecule has 11 rings (SSSR count). The molecule has 0 atom stereocenters. The zero-order chi connectivity index (χ0) is 38.6. The van der Waals surface area contributed by atoms with Gasteiger partial charge >= 0.3 is 0 Å². The maximum atomic E-state index is 8.53.